The Balaban J connectivity index is 4.68. The molecule has 96 valence electrons. The Labute approximate surface area is 94.8 Å². The fourth-order valence-electron chi connectivity index (χ4n) is 1.70. The summed E-state index contributed by atoms with van der Waals surface area (Å²) in [5, 5.41) is 0. The molecule has 0 rings (SSSR count). The summed E-state index contributed by atoms with van der Waals surface area (Å²) in [6.07, 6.45) is -2.43. The summed E-state index contributed by atoms with van der Waals surface area (Å²) in [6.45, 7) is 4.27. The van der Waals surface area contributed by atoms with Gasteiger partial charge >= 0.3 is 6.18 Å². The molecule has 0 aliphatic heterocycles. The second kappa shape index (κ2) is 6.76. The average Bonchev–Trinajstić information content (AvgIpc) is 2.16. The van der Waals surface area contributed by atoms with Crippen molar-refractivity contribution in [3.8, 4) is 0 Å². The van der Waals surface area contributed by atoms with Gasteiger partial charge in [0.2, 0.25) is 5.91 Å². The zero-order valence-corrected chi connectivity index (χ0v) is 10.1. The molecule has 2 nitrogen and oxygen atoms in total. The highest BCUT2D eigenvalue weighted by Gasteiger charge is 2.35. The summed E-state index contributed by atoms with van der Waals surface area (Å²) < 4.78 is 37.0. The Kier molecular flexibility index (Phi) is 6.45. The van der Waals surface area contributed by atoms with E-state index in [9.17, 15) is 18.0 Å². The molecule has 0 aromatic carbocycles. The summed E-state index contributed by atoms with van der Waals surface area (Å²) in [5.74, 6) is -0.395. The van der Waals surface area contributed by atoms with Crippen molar-refractivity contribution < 1.29 is 18.0 Å². The Morgan fingerprint density at radius 3 is 2.00 bits per heavy atom. The minimum absolute atomic E-state index is 0.187. The summed E-state index contributed by atoms with van der Waals surface area (Å²) >= 11 is 0. The highest BCUT2D eigenvalue weighted by atomic mass is 19.4. The van der Waals surface area contributed by atoms with E-state index >= 15 is 0 Å². The van der Waals surface area contributed by atoms with Gasteiger partial charge < -0.3 is 4.90 Å². The molecule has 0 bridgehead atoms. The first kappa shape index (κ1) is 15.3. The normalized spacial score (nSPS) is 11.9. The van der Waals surface area contributed by atoms with Crippen molar-refractivity contribution in [1.29, 1.82) is 0 Å². The number of hydrogen-bond acceptors (Lipinski definition) is 1. The van der Waals surface area contributed by atoms with Crippen LogP contribution in [0.2, 0.25) is 0 Å². The molecule has 0 aromatic heterocycles. The lowest BCUT2D eigenvalue weighted by Crippen LogP contribution is -2.45. The van der Waals surface area contributed by atoms with E-state index in [2.05, 4.69) is 0 Å². The third-order valence-electron chi connectivity index (χ3n) is 2.52. The van der Waals surface area contributed by atoms with Gasteiger partial charge in [-0.05, 0) is 19.3 Å². The average molecular weight is 239 g/mol. The standard InChI is InChI=1S/C11H20F3NO/c1-4-7-10(16)15(8-11(12,13)14)9(5-2)6-3/h9H,4-8H2,1-3H3. The quantitative estimate of drug-likeness (QED) is 0.696. The number of carbonyl (C=O) groups excluding carboxylic acids is 1. The van der Waals surface area contributed by atoms with Gasteiger partial charge in [-0.3, -0.25) is 4.79 Å². The molecule has 0 aliphatic rings. The fraction of sp³-hybridized carbons (Fsp3) is 0.909. The van der Waals surface area contributed by atoms with Gasteiger partial charge in [-0.2, -0.15) is 13.2 Å². The van der Waals surface area contributed by atoms with Crippen LogP contribution in [-0.2, 0) is 4.79 Å². The minimum Gasteiger partial charge on any atom is -0.331 e. The molecule has 0 fully saturated rings. The van der Waals surface area contributed by atoms with Gasteiger partial charge in [-0.15, -0.1) is 0 Å². The molecule has 0 saturated heterocycles. The second-order valence-electron chi connectivity index (χ2n) is 3.86. The maximum atomic E-state index is 12.3. The fourth-order valence-corrected chi connectivity index (χ4v) is 1.70. The SMILES string of the molecule is CCCC(=O)N(CC(F)(F)F)C(CC)CC. The van der Waals surface area contributed by atoms with E-state index in [0.29, 0.717) is 19.3 Å². The molecule has 0 N–H and O–H groups in total. The molecule has 0 saturated carbocycles. The van der Waals surface area contributed by atoms with E-state index in [1.54, 1.807) is 20.8 Å². The van der Waals surface area contributed by atoms with E-state index in [-0.39, 0.29) is 12.5 Å². The molecular formula is C11H20F3NO. The van der Waals surface area contributed by atoms with Crippen LogP contribution in [0.3, 0.4) is 0 Å². The number of nitrogens with zero attached hydrogens (tertiary/aromatic N) is 1. The van der Waals surface area contributed by atoms with Gasteiger partial charge in [0.15, 0.2) is 0 Å². The highest BCUT2D eigenvalue weighted by molar-refractivity contribution is 5.76. The van der Waals surface area contributed by atoms with Crippen LogP contribution in [0, 0.1) is 0 Å². The van der Waals surface area contributed by atoms with Gasteiger partial charge in [-0.25, -0.2) is 0 Å². The maximum Gasteiger partial charge on any atom is 0.406 e. The second-order valence-corrected chi connectivity index (χ2v) is 3.86. The smallest absolute Gasteiger partial charge is 0.331 e. The number of hydrogen-bond donors (Lipinski definition) is 0. The van der Waals surface area contributed by atoms with Crippen molar-refractivity contribution in [2.45, 2.75) is 58.7 Å². The first-order valence-electron chi connectivity index (χ1n) is 5.71. The van der Waals surface area contributed by atoms with E-state index in [1.807, 2.05) is 0 Å². The first-order valence-corrected chi connectivity index (χ1v) is 5.71. The van der Waals surface area contributed by atoms with E-state index in [4.69, 9.17) is 0 Å². The molecule has 0 aromatic rings. The molecule has 1 amide bonds. The number of rotatable bonds is 6. The molecular weight excluding hydrogens is 219 g/mol. The van der Waals surface area contributed by atoms with Crippen molar-refractivity contribution in [3.05, 3.63) is 0 Å². The Hall–Kier alpha value is -0.740. The van der Waals surface area contributed by atoms with Crippen molar-refractivity contribution in [2.75, 3.05) is 6.54 Å². The predicted octanol–water partition coefficient (Wildman–Crippen LogP) is 3.37. The summed E-state index contributed by atoms with van der Waals surface area (Å²) in [6, 6.07) is -0.305. The zero-order valence-electron chi connectivity index (χ0n) is 10.1. The van der Waals surface area contributed by atoms with Crippen molar-refractivity contribution in [2.24, 2.45) is 0 Å². The summed E-state index contributed by atoms with van der Waals surface area (Å²) in [5.41, 5.74) is 0. The van der Waals surface area contributed by atoms with Crippen LogP contribution < -0.4 is 0 Å². The number of halogens is 3. The van der Waals surface area contributed by atoms with Crippen LogP contribution in [0.15, 0.2) is 0 Å². The lowest BCUT2D eigenvalue weighted by molar-refractivity contribution is -0.166. The van der Waals surface area contributed by atoms with Crippen molar-refractivity contribution in [3.63, 3.8) is 0 Å². The molecule has 16 heavy (non-hydrogen) atoms. The lowest BCUT2D eigenvalue weighted by Gasteiger charge is -2.31. The van der Waals surface area contributed by atoms with Crippen molar-refractivity contribution >= 4 is 5.91 Å². The van der Waals surface area contributed by atoms with Crippen LogP contribution in [0.4, 0.5) is 13.2 Å². The highest BCUT2D eigenvalue weighted by Crippen LogP contribution is 2.21. The van der Waals surface area contributed by atoms with E-state index < -0.39 is 18.6 Å². The van der Waals surface area contributed by atoms with E-state index in [1.165, 1.54) is 0 Å². The Morgan fingerprint density at radius 1 is 1.19 bits per heavy atom. The van der Waals surface area contributed by atoms with Crippen LogP contribution in [0.25, 0.3) is 0 Å². The molecule has 0 atom stereocenters. The topological polar surface area (TPSA) is 20.3 Å². The van der Waals surface area contributed by atoms with Gasteiger partial charge in [0.25, 0.3) is 0 Å². The van der Waals surface area contributed by atoms with Gasteiger partial charge in [-0.1, -0.05) is 20.8 Å². The van der Waals surface area contributed by atoms with Crippen LogP contribution in [0.5, 0.6) is 0 Å². The Morgan fingerprint density at radius 2 is 1.69 bits per heavy atom. The molecule has 0 aliphatic carbocycles. The third-order valence-corrected chi connectivity index (χ3v) is 2.52. The lowest BCUT2D eigenvalue weighted by atomic mass is 10.1. The Bertz CT molecular complexity index is 212. The van der Waals surface area contributed by atoms with Gasteiger partial charge in [0, 0.05) is 12.5 Å². The molecule has 0 radical (unpaired) electrons. The first-order chi connectivity index (χ1) is 7.35. The van der Waals surface area contributed by atoms with Crippen LogP contribution >= 0.6 is 0 Å². The third kappa shape index (κ3) is 5.37. The number of alkyl halides is 3. The van der Waals surface area contributed by atoms with Crippen LogP contribution in [0.1, 0.15) is 46.5 Å². The minimum atomic E-state index is -4.31. The van der Waals surface area contributed by atoms with Gasteiger partial charge in [0.05, 0.1) is 0 Å². The maximum absolute atomic E-state index is 12.3. The van der Waals surface area contributed by atoms with E-state index in [0.717, 1.165) is 4.90 Å². The predicted molar refractivity (Wildman–Crippen MR) is 57.0 cm³/mol. The summed E-state index contributed by atoms with van der Waals surface area (Å²) in [4.78, 5) is 12.6. The monoisotopic (exact) mass is 239 g/mol. The molecule has 0 spiro atoms. The van der Waals surface area contributed by atoms with Crippen LogP contribution in [-0.4, -0.2) is 29.6 Å². The van der Waals surface area contributed by atoms with Gasteiger partial charge in [0.1, 0.15) is 6.54 Å². The molecule has 0 heterocycles. The largest absolute Gasteiger partial charge is 0.406 e. The molecule has 0 unspecified atom stereocenters. The zero-order chi connectivity index (χ0) is 12.8. The number of carbonyl (C=O) groups is 1. The van der Waals surface area contributed by atoms with Crippen molar-refractivity contribution in [1.82, 2.24) is 4.90 Å². The number of amides is 1. The summed E-state index contributed by atoms with van der Waals surface area (Å²) in [7, 11) is 0. The molecule has 5 heteroatoms.